The summed E-state index contributed by atoms with van der Waals surface area (Å²) in [5.74, 6) is 3.96. The Morgan fingerprint density at radius 1 is 0.957 bits per heavy atom. The smallest absolute Gasteiger partial charge is 0.139 e. The van der Waals surface area contributed by atoms with Crippen LogP contribution in [0.25, 0.3) is 0 Å². The van der Waals surface area contributed by atoms with Crippen LogP contribution in [0, 0.1) is 34.5 Å². The zero-order chi connectivity index (χ0) is 16.4. The van der Waals surface area contributed by atoms with E-state index in [1.54, 1.807) is 0 Å². The number of rotatable bonds is 1. The van der Waals surface area contributed by atoms with E-state index in [9.17, 15) is 4.79 Å². The third-order valence-corrected chi connectivity index (χ3v) is 9.08. The van der Waals surface area contributed by atoms with E-state index in [1.165, 1.54) is 51.4 Å². The van der Waals surface area contributed by atoms with Crippen molar-refractivity contribution in [1.82, 2.24) is 4.90 Å². The van der Waals surface area contributed by atoms with Gasteiger partial charge in [-0.2, -0.15) is 0 Å². The third kappa shape index (κ3) is 2.19. The lowest BCUT2D eigenvalue weighted by Gasteiger charge is -2.60. The first-order valence-corrected chi connectivity index (χ1v) is 10.1. The number of carbonyl (C=O) groups is 1. The van der Waals surface area contributed by atoms with Gasteiger partial charge in [0.25, 0.3) is 0 Å². The lowest BCUT2D eigenvalue weighted by atomic mass is 9.45. The van der Waals surface area contributed by atoms with Crippen LogP contribution in [-0.4, -0.2) is 30.8 Å². The van der Waals surface area contributed by atoms with Gasteiger partial charge in [0, 0.05) is 17.9 Å². The van der Waals surface area contributed by atoms with Crippen molar-refractivity contribution in [2.24, 2.45) is 34.5 Å². The molecule has 3 unspecified atom stereocenters. The van der Waals surface area contributed by atoms with Gasteiger partial charge < -0.3 is 4.90 Å². The molecule has 0 bridgehead atoms. The highest BCUT2D eigenvalue weighted by molar-refractivity contribution is 5.87. The van der Waals surface area contributed by atoms with Gasteiger partial charge >= 0.3 is 0 Å². The fourth-order valence-electron chi connectivity index (χ4n) is 7.48. The first kappa shape index (κ1) is 16.1. The summed E-state index contributed by atoms with van der Waals surface area (Å²) in [5, 5.41) is 0. The van der Waals surface area contributed by atoms with E-state index >= 15 is 0 Å². The zero-order valence-electron chi connectivity index (χ0n) is 15.6. The molecule has 0 N–H and O–H groups in total. The Bertz CT molecular complexity index is 500. The molecular weight excluding hydrogens is 282 g/mol. The molecule has 4 fully saturated rings. The second-order valence-corrected chi connectivity index (χ2v) is 9.97. The van der Waals surface area contributed by atoms with Crippen LogP contribution in [0.5, 0.6) is 0 Å². The highest BCUT2D eigenvalue weighted by Crippen LogP contribution is 2.65. The number of hydrogen-bond donors (Lipinski definition) is 0. The van der Waals surface area contributed by atoms with Gasteiger partial charge in [-0.15, -0.1) is 0 Å². The molecule has 0 aromatic rings. The molecule has 4 rings (SSSR count). The lowest BCUT2D eigenvalue weighted by Crippen LogP contribution is -2.55. The second kappa shape index (κ2) is 5.31. The van der Waals surface area contributed by atoms with Crippen molar-refractivity contribution >= 4 is 5.78 Å². The van der Waals surface area contributed by atoms with E-state index in [0.29, 0.717) is 17.1 Å². The van der Waals surface area contributed by atoms with Gasteiger partial charge in [-0.25, -0.2) is 0 Å². The average molecular weight is 318 g/mol. The number of hydrogen-bond acceptors (Lipinski definition) is 2. The Balaban J connectivity index is 1.58. The monoisotopic (exact) mass is 317 g/mol. The Hall–Kier alpha value is -0.370. The molecular formula is C21H35NO. The highest BCUT2D eigenvalue weighted by Gasteiger charge is 2.60. The molecule has 0 aliphatic heterocycles. The molecule has 0 radical (unpaired) electrons. The van der Waals surface area contributed by atoms with Crippen molar-refractivity contribution in [3.63, 3.8) is 0 Å². The first-order chi connectivity index (χ1) is 10.9. The summed E-state index contributed by atoms with van der Waals surface area (Å²) >= 11 is 0. The first-order valence-electron chi connectivity index (χ1n) is 10.1. The summed E-state index contributed by atoms with van der Waals surface area (Å²) in [6.07, 6.45) is 11.6. The van der Waals surface area contributed by atoms with Crippen LogP contribution in [0.15, 0.2) is 0 Å². The fraction of sp³-hybridized carbons (Fsp3) is 0.952. The van der Waals surface area contributed by atoms with Crippen LogP contribution in [0.1, 0.15) is 71.6 Å². The SMILES string of the molecule is CN(C)C1CC[C@@]2(C)[C@@H](CCC3[C@@H]4CCC(=O)C4(C)CC[C@@H]32)C1. The maximum Gasteiger partial charge on any atom is 0.139 e. The van der Waals surface area contributed by atoms with Crippen LogP contribution < -0.4 is 0 Å². The predicted octanol–water partition coefficient (Wildman–Crippen LogP) is 4.53. The molecule has 4 saturated carbocycles. The quantitative estimate of drug-likeness (QED) is 0.708. The highest BCUT2D eigenvalue weighted by atomic mass is 16.1. The molecule has 4 aliphatic rings. The summed E-state index contributed by atoms with van der Waals surface area (Å²) in [7, 11) is 4.52. The third-order valence-electron chi connectivity index (χ3n) is 9.08. The van der Waals surface area contributed by atoms with Crippen LogP contribution in [-0.2, 0) is 4.79 Å². The minimum Gasteiger partial charge on any atom is -0.306 e. The Kier molecular flexibility index (Phi) is 3.72. The molecule has 4 aliphatic carbocycles. The van der Waals surface area contributed by atoms with Gasteiger partial charge in [0.2, 0.25) is 0 Å². The number of nitrogens with zero attached hydrogens (tertiary/aromatic N) is 1. The molecule has 0 aromatic heterocycles. The number of Topliss-reactive ketones (excluding diaryl/α,β-unsaturated/α-hetero) is 1. The predicted molar refractivity (Wildman–Crippen MR) is 94.2 cm³/mol. The van der Waals surface area contributed by atoms with Crippen LogP contribution >= 0.6 is 0 Å². The molecule has 0 aromatic carbocycles. The summed E-state index contributed by atoms with van der Waals surface area (Å²) < 4.78 is 0. The normalized spacial score (nSPS) is 52.9. The van der Waals surface area contributed by atoms with Crippen LogP contribution in [0.3, 0.4) is 0 Å². The fourth-order valence-corrected chi connectivity index (χ4v) is 7.48. The van der Waals surface area contributed by atoms with Gasteiger partial charge in [-0.05, 0) is 94.5 Å². The van der Waals surface area contributed by atoms with Crippen molar-refractivity contribution in [2.45, 2.75) is 77.7 Å². The van der Waals surface area contributed by atoms with Crippen molar-refractivity contribution in [1.29, 1.82) is 0 Å². The molecule has 130 valence electrons. The summed E-state index contributed by atoms with van der Waals surface area (Å²) in [6, 6.07) is 0.798. The Morgan fingerprint density at radius 3 is 2.48 bits per heavy atom. The van der Waals surface area contributed by atoms with Crippen molar-refractivity contribution in [3.8, 4) is 0 Å². The minimum absolute atomic E-state index is 0.0468. The Morgan fingerprint density at radius 2 is 1.74 bits per heavy atom. The molecule has 7 atom stereocenters. The maximum atomic E-state index is 12.5. The lowest BCUT2D eigenvalue weighted by molar-refractivity contribution is -0.140. The van der Waals surface area contributed by atoms with E-state index in [-0.39, 0.29) is 5.41 Å². The van der Waals surface area contributed by atoms with Gasteiger partial charge in [-0.3, -0.25) is 4.79 Å². The molecule has 0 saturated heterocycles. The molecule has 0 amide bonds. The molecule has 0 spiro atoms. The van der Waals surface area contributed by atoms with Crippen molar-refractivity contribution in [2.75, 3.05) is 14.1 Å². The zero-order valence-corrected chi connectivity index (χ0v) is 15.6. The van der Waals surface area contributed by atoms with E-state index in [2.05, 4.69) is 32.8 Å². The van der Waals surface area contributed by atoms with Crippen molar-refractivity contribution < 1.29 is 4.79 Å². The average Bonchev–Trinajstić information content (AvgIpc) is 2.82. The molecule has 0 heterocycles. The minimum atomic E-state index is 0.0468. The molecule has 23 heavy (non-hydrogen) atoms. The molecule has 2 heteroatoms. The van der Waals surface area contributed by atoms with Crippen LogP contribution in [0.2, 0.25) is 0 Å². The van der Waals surface area contributed by atoms with Crippen molar-refractivity contribution in [3.05, 3.63) is 0 Å². The van der Waals surface area contributed by atoms with E-state index < -0.39 is 0 Å². The van der Waals surface area contributed by atoms with E-state index in [0.717, 1.165) is 30.2 Å². The summed E-state index contributed by atoms with van der Waals surface area (Å²) in [5.41, 5.74) is 0.605. The topological polar surface area (TPSA) is 20.3 Å². The van der Waals surface area contributed by atoms with Crippen LogP contribution in [0.4, 0.5) is 0 Å². The Labute approximate surface area is 142 Å². The summed E-state index contributed by atoms with van der Waals surface area (Å²) in [6.45, 7) is 4.93. The van der Waals surface area contributed by atoms with Gasteiger partial charge in [0.05, 0.1) is 0 Å². The second-order valence-electron chi connectivity index (χ2n) is 9.97. The number of fused-ring (bicyclic) bond motifs is 5. The van der Waals surface area contributed by atoms with Gasteiger partial charge in [-0.1, -0.05) is 13.8 Å². The summed E-state index contributed by atoms with van der Waals surface area (Å²) in [4.78, 5) is 14.9. The maximum absolute atomic E-state index is 12.5. The number of ketones is 1. The number of carbonyl (C=O) groups excluding carboxylic acids is 1. The standard InChI is InChI=1S/C21H35NO/c1-20-11-9-15(22(3)4)13-14(20)5-6-16-17-7-8-19(23)21(17,2)12-10-18(16)20/h14-18H,5-13H2,1-4H3/t14-,15?,16?,17-,18-,20-,21?/m0/s1. The molecule has 2 nitrogen and oxygen atoms in total. The largest absolute Gasteiger partial charge is 0.306 e. The van der Waals surface area contributed by atoms with E-state index in [4.69, 9.17) is 0 Å². The van der Waals surface area contributed by atoms with Gasteiger partial charge in [0.15, 0.2) is 0 Å². The van der Waals surface area contributed by atoms with Gasteiger partial charge in [0.1, 0.15) is 5.78 Å². The van der Waals surface area contributed by atoms with E-state index in [1.807, 2.05) is 0 Å².